The van der Waals surface area contributed by atoms with Crippen LogP contribution in [0.4, 0.5) is 24.7 Å². The average molecular weight is 588 g/mol. The number of nitrogens with two attached hydrogens (primary N) is 1. The van der Waals surface area contributed by atoms with E-state index < -0.39 is 11.9 Å². The van der Waals surface area contributed by atoms with E-state index in [-0.39, 0.29) is 35.8 Å². The summed E-state index contributed by atoms with van der Waals surface area (Å²) in [4.78, 5) is 29.6. The first-order valence-corrected chi connectivity index (χ1v) is 12.6. The van der Waals surface area contributed by atoms with Crippen molar-refractivity contribution in [2.75, 3.05) is 31.6 Å². The van der Waals surface area contributed by atoms with Gasteiger partial charge in [-0.3, -0.25) is 18.7 Å². The Bertz CT molecular complexity index is 1560. The monoisotopic (exact) mass is 587 g/mol. The second-order valence-electron chi connectivity index (χ2n) is 8.47. The van der Waals surface area contributed by atoms with E-state index in [1.807, 2.05) is 13.0 Å². The third-order valence-corrected chi connectivity index (χ3v) is 5.75. The number of fused-ring (bicyclic) bond motifs is 1. The molecule has 4 rings (SSSR count). The molecule has 0 atom stereocenters. The summed E-state index contributed by atoms with van der Waals surface area (Å²) in [6.07, 6.45) is 1.25. The number of imidazole rings is 1. The molecule has 4 aromatic rings. The summed E-state index contributed by atoms with van der Waals surface area (Å²) < 4.78 is 48.7. The molecular weight excluding hydrogens is 559 g/mol. The summed E-state index contributed by atoms with van der Waals surface area (Å²) >= 11 is 0. The predicted molar refractivity (Wildman–Crippen MR) is 145 cm³/mol. The normalized spacial score (nSPS) is 11.0. The highest BCUT2D eigenvalue weighted by molar-refractivity contribution is 5.96. The molecule has 222 valence electrons. The molecule has 1 amide bonds. The predicted octanol–water partition coefficient (Wildman–Crippen LogP) is 2.85. The minimum Gasteiger partial charge on any atom is -0.483 e. The number of nitrogens with one attached hydrogen (secondary N) is 2. The Kier molecular flexibility index (Phi) is 10.9. The maximum absolute atomic E-state index is 13.7. The van der Waals surface area contributed by atoms with Crippen LogP contribution in [0.15, 0.2) is 43.0 Å². The van der Waals surface area contributed by atoms with Crippen molar-refractivity contribution >= 4 is 29.5 Å². The fourth-order valence-electron chi connectivity index (χ4n) is 4.02. The van der Waals surface area contributed by atoms with Gasteiger partial charge in [0.1, 0.15) is 6.54 Å². The minimum absolute atomic E-state index is 0.142. The first-order chi connectivity index (χ1) is 20.2. The third kappa shape index (κ3) is 7.59. The largest absolute Gasteiger partial charge is 0.483 e. The summed E-state index contributed by atoms with van der Waals surface area (Å²) in [6, 6.07) is 6.99. The lowest BCUT2D eigenvalue weighted by Crippen LogP contribution is -2.28. The van der Waals surface area contributed by atoms with Gasteiger partial charge >= 0.3 is 6.18 Å². The van der Waals surface area contributed by atoms with Crippen molar-refractivity contribution in [2.45, 2.75) is 26.1 Å². The van der Waals surface area contributed by atoms with Crippen LogP contribution in [0.5, 0.6) is 0 Å². The van der Waals surface area contributed by atoms with E-state index in [1.54, 1.807) is 18.2 Å². The van der Waals surface area contributed by atoms with Crippen LogP contribution in [-0.4, -0.2) is 67.9 Å². The molecule has 42 heavy (non-hydrogen) atoms. The van der Waals surface area contributed by atoms with Gasteiger partial charge in [0.05, 0.1) is 36.7 Å². The van der Waals surface area contributed by atoms with Gasteiger partial charge in [0.2, 0.25) is 0 Å². The number of benzene rings is 1. The molecule has 0 radical (unpaired) electrons. The van der Waals surface area contributed by atoms with Crippen LogP contribution in [0.1, 0.15) is 28.5 Å². The highest BCUT2D eigenvalue weighted by atomic mass is 19.4. The van der Waals surface area contributed by atoms with Crippen LogP contribution in [0.2, 0.25) is 0 Å². The van der Waals surface area contributed by atoms with Crippen LogP contribution >= 0.6 is 0 Å². The summed E-state index contributed by atoms with van der Waals surface area (Å²) in [7, 11) is 0. The standard InChI is InChI=1S/C25H26F3N9O2.CH2O2/c1-2-16-13-17(3-4-18(16)24(38)32-8-12-39-11-6-30)34-22-23-33-14-20(37(23)10-7-31-22)19-15-36(9-5-29)35-21(19)25(26,27)28;2-1-3/h3-4,7,10,13-15H,2,6,8-9,11-12,30H2,1H3,(H,31,34)(H,32,38);1H,(H,2,3). The van der Waals surface area contributed by atoms with Crippen molar-refractivity contribution in [2.24, 2.45) is 5.73 Å². The van der Waals surface area contributed by atoms with Gasteiger partial charge in [-0.1, -0.05) is 6.92 Å². The molecule has 0 unspecified atom stereocenters. The van der Waals surface area contributed by atoms with E-state index in [9.17, 15) is 18.0 Å². The molecule has 0 aliphatic carbocycles. The average Bonchev–Trinajstić information content (AvgIpc) is 3.58. The van der Waals surface area contributed by atoms with Gasteiger partial charge in [-0.05, 0) is 30.2 Å². The zero-order valence-electron chi connectivity index (χ0n) is 22.4. The van der Waals surface area contributed by atoms with Gasteiger partial charge in [-0.25, -0.2) is 9.97 Å². The van der Waals surface area contributed by atoms with Crippen LogP contribution in [0.25, 0.3) is 16.9 Å². The van der Waals surface area contributed by atoms with Crippen molar-refractivity contribution in [3.63, 3.8) is 0 Å². The lowest BCUT2D eigenvalue weighted by molar-refractivity contribution is -0.141. The summed E-state index contributed by atoms with van der Waals surface area (Å²) in [6.45, 7) is 2.88. The van der Waals surface area contributed by atoms with Crippen molar-refractivity contribution in [1.82, 2.24) is 29.5 Å². The van der Waals surface area contributed by atoms with Gasteiger partial charge in [-0.2, -0.15) is 23.5 Å². The van der Waals surface area contributed by atoms with E-state index in [4.69, 9.17) is 25.6 Å². The van der Waals surface area contributed by atoms with E-state index in [1.165, 1.54) is 29.2 Å². The van der Waals surface area contributed by atoms with Crippen molar-refractivity contribution in [3.05, 3.63) is 59.8 Å². The van der Waals surface area contributed by atoms with E-state index in [0.717, 1.165) is 10.2 Å². The third-order valence-electron chi connectivity index (χ3n) is 5.75. The Morgan fingerprint density at radius 3 is 2.71 bits per heavy atom. The topological polar surface area (TPSA) is 185 Å². The molecule has 1 aromatic carbocycles. The zero-order valence-corrected chi connectivity index (χ0v) is 22.4. The summed E-state index contributed by atoms with van der Waals surface area (Å²) in [5, 5.41) is 25.3. The Balaban J connectivity index is 0.00000155. The molecule has 0 spiro atoms. The molecular formula is C26H28F3N9O4. The number of carbonyl (C=O) groups is 2. The number of aryl methyl sites for hydroxylation is 1. The van der Waals surface area contributed by atoms with Gasteiger partial charge in [0.25, 0.3) is 12.4 Å². The Hall–Kier alpha value is -5.01. The number of hydrogen-bond donors (Lipinski definition) is 4. The number of anilines is 2. The first-order valence-electron chi connectivity index (χ1n) is 12.6. The number of carbonyl (C=O) groups excluding carboxylic acids is 1. The maximum atomic E-state index is 13.7. The van der Waals surface area contributed by atoms with Crippen molar-refractivity contribution in [1.29, 1.82) is 5.26 Å². The second kappa shape index (κ2) is 14.6. The minimum atomic E-state index is -4.73. The fraction of sp³-hybridized carbons (Fsp3) is 0.308. The number of alkyl halides is 3. The summed E-state index contributed by atoms with van der Waals surface area (Å²) in [5.41, 5.74) is 6.41. The molecule has 0 bridgehead atoms. The number of nitrogens with zero attached hydrogens (tertiary/aromatic N) is 6. The number of rotatable bonds is 11. The quantitative estimate of drug-likeness (QED) is 0.150. The van der Waals surface area contributed by atoms with E-state index >= 15 is 0 Å². The second-order valence-corrected chi connectivity index (χ2v) is 8.47. The number of halogens is 3. The fourth-order valence-corrected chi connectivity index (χ4v) is 4.02. The molecule has 13 nitrogen and oxygen atoms in total. The highest BCUT2D eigenvalue weighted by Crippen LogP contribution is 2.37. The zero-order chi connectivity index (χ0) is 30.7. The van der Waals surface area contributed by atoms with Crippen molar-refractivity contribution < 1.29 is 32.6 Å². The van der Waals surface area contributed by atoms with Crippen LogP contribution in [0.3, 0.4) is 0 Å². The number of aromatic nitrogens is 5. The SMILES string of the molecule is CCc1cc(Nc2nccn3c(-c4cn(CC#N)nc4C(F)(F)F)cnc23)ccc1C(=O)NCCOCCN.O=CO. The molecule has 3 heterocycles. The van der Waals surface area contributed by atoms with Crippen LogP contribution < -0.4 is 16.4 Å². The molecule has 0 aliphatic rings. The highest BCUT2D eigenvalue weighted by Gasteiger charge is 2.38. The number of hydrogen-bond acceptors (Lipinski definition) is 9. The molecule has 5 N–H and O–H groups in total. The number of ether oxygens (including phenoxy) is 1. The van der Waals surface area contributed by atoms with Gasteiger partial charge in [-0.15, -0.1) is 0 Å². The molecule has 0 saturated carbocycles. The number of amides is 1. The Labute approximate surface area is 237 Å². The molecule has 16 heteroatoms. The lowest BCUT2D eigenvalue weighted by atomic mass is 10.0. The number of carboxylic acid groups (broad SMARTS) is 1. The van der Waals surface area contributed by atoms with E-state index in [2.05, 4.69) is 25.7 Å². The van der Waals surface area contributed by atoms with Gasteiger partial charge < -0.3 is 26.2 Å². The maximum Gasteiger partial charge on any atom is 0.435 e. The molecule has 3 aromatic heterocycles. The van der Waals surface area contributed by atoms with Crippen LogP contribution in [-0.2, 0) is 28.7 Å². The van der Waals surface area contributed by atoms with E-state index in [0.29, 0.717) is 49.8 Å². The molecule has 0 aliphatic heterocycles. The van der Waals surface area contributed by atoms with Crippen molar-refractivity contribution in [3.8, 4) is 17.3 Å². The van der Waals surface area contributed by atoms with Gasteiger partial charge in [0, 0.05) is 42.9 Å². The Morgan fingerprint density at radius 1 is 1.29 bits per heavy atom. The lowest BCUT2D eigenvalue weighted by Gasteiger charge is -2.13. The smallest absolute Gasteiger partial charge is 0.435 e. The van der Waals surface area contributed by atoms with Crippen LogP contribution in [0, 0.1) is 11.3 Å². The Morgan fingerprint density at radius 2 is 2.05 bits per heavy atom. The molecule has 0 fully saturated rings. The summed E-state index contributed by atoms with van der Waals surface area (Å²) in [5.74, 6) is 0.0725. The number of nitriles is 1. The van der Waals surface area contributed by atoms with Gasteiger partial charge in [0.15, 0.2) is 17.2 Å². The first kappa shape index (κ1) is 31.5. The molecule has 0 saturated heterocycles.